The predicted molar refractivity (Wildman–Crippen MR) is 85.7 cm³/mol. The van der Waals surface area contributed by atoms with E-state index >= 15 is 0 Å². The van der Waals surface area contributed by atoms with E-state index in [-0.39, 0.29) is 0 Å². The van der Waals surface area contributed by atoms with Gasteiger partial charge >= 0.3 is 0 Å². The zero-order chi connectivity index (χ0) is 15.2. The predicted octanol–water partition coefficient (Wildman–Crippen LogP) is 3.46. The smallest absolute Gasteiger partial charge is 0.130 e. The Kier molecular flexibility index (Phi) is 5.30. The summed E-state index contributed by atoms with van der Waals surface area (Å²) in [6.45, 7) is 4.62. The Morgan fingerprint density at radius 1 is 1.33 bits per heavy atom. The van der Waals surface area contributed by atoms with E-state index in [0.717, 1.165) is 34.7 Å². The topological polar surface area (TPSA) is 27.1 Å². The molecule has 0 aliphatic carbocycles. The molecule has 0 amide bonds. The summed E-state index contributed by atoms with van der Waals surface area (Å²) in [6, 6.07) is 7.97. The van der Waals surface area contributed by atoms with Gasteiger partial charge in [-0.15, -0.1) is 11.6 Å². The minimum absolute atomic E-state index is 0.345. The molecule has 2 rings (SSSR count). The highest BCUT2D eigenvalue weighted by atomic mass is 35.5. The van der Waals surface area contributed by atoms with Crippen molar-refractivity contribution in [1.82, 2.24) is 9.78 Å². The summed E-state index contributed by atoms with van der Waals surface area (Å²) in [5.74, 6) is 7.08. The number of hydrogen-bond acceptors (Lipinski definition) is 2. The second kappa shape index (κ2) is 7.19. The molecule has 0 saturated heterocycles. The number of rotatable bonds is 4. The highest BCUT2D eigenvalue weighted by Gasteiger charge is 2.05. The Morgan fingerprint density at radius 3 is 2.76 bits per heavy atom. The number of halogens is 1. The minimum atomic E-state index is 0.345. The summed E-state index contributed by atoms with van der Waals surface area (Å²) < 4.78 is 7.70. The molecule has 0 N–H and O–H groups in total. The maximum Gasteiger partial charge on any atom is 0.130 e. The first-order valence-electron chi connectivity index (χ1n) is 6.94. The largest absolute Gasteiger partial charge is 0.487 e. The fraction of sp³-hybridized carbons (Fsp3) is 0.353. The van der Waals surface area contributed by atoms with Crippen molar-refractivity contribution in [1.29, 1.82) is 0 Å². The van der Waals surface area contributed by atoms with E-state index in [1.54, 1.807) is 0 Å². The number of alkyl halides is 1. The number of aryl methyl sites for hydroxylation is 3. The van der Waals surface area contributed by atoms with Crippen molar-refractivity contribution in [2.75, 3.05) is 5.88 Å². The van der Waals surface area contributed by atoms with Gasteiger partial charge in [0.2, 0.25) is 0 Å². The van der Waals surface area contributed by atoms with Gasteiger partial charge in [-0.2, -0.15) is 5.10 Å². The molecule has 1 heterocycles. The Hall–Kier alpha value is -1.92. The van der Waals surface area contributed by atoms with Crippen LogP contribution in [0.5, 0.6) is 5.75 Å². The molecular formula is C17H19ClN2O. The molecular weight excluding hydrogens is 284 g/mol. The number of aromatic nitrogens is 2. The zero-order valence-electron chi connectivity index (χ0n) is 12.6. The molecule has 4 heteroatoms. The van der Waals surface area contributed by atoms with Crippen LogP contribution >= 0.6 is 11.6 Å². The monoisotopic (exact) mass is 302 g/mol. The first kappa shape index (κ1) is 15.5. The van der Waals surface area contributed by atoms with E-state index < -0.39 is 0 Å². The highest BCUT2D eigenvalue weighted by Crippen LogP contribution is 2.18. The summed E-state index contributed by atoms with van der Waals surface area (Å²) in [7, 11) is 1.94. The van der Waals surface area contributed by atoms with Gasteiger partial charge < -0.3 is 4.74 Å². The maximum absolute atomic E-state index is 5.84. The quantitative estimate of drug-likeness (QED) is 0.639. The summed E-state index contributed by atoms with van der Waals surface area (Å²) in [5.41, 5.74) is 4.22. The lowest BCUT2D eigenvalue weighted by Gasteiger charge is -2.08. The van der Waals surface area contributed by atoms with Gasteiger partial charge in [0.25, 0.3) is 0 Å². The van der Waals surface area contributed by atoms with E-state index in [4.69, 9.17) is 16.3 Å². The van der Waals surface area contributed by atoms with Crippen LogP contribution in [0.15, 0.2) is 24.3 Å². The first-order chi connectivity index (χ1) is 10.1. The van der Waals surface area contributed by atoms with Crippen molar-refractivity contribution >= 4 is 11.6 Å². The molecule has 110 valence electrons. The average molecular weight is 303 g/mol. The lowest BCUT2D eigenvalue weighted by molar-refractivity contribution is 0.294. The summed E-state index contributed by atoms with van der Waals surface area (Å²) in [4.78, 5) is 0. The van der Waals surface area contributed by atoms with Crippen LogP contribution in [0.2, 0.25) is 0 Å². The normalized spacial score (nSPS) is 10.1. The molecule has 0 unspecified atom stereocenters. The minimum Gasteiger partial charge on any atom is -0.487 e. The molecule has 0 aliphatic rings. The second-order valence-electron chi connectivity index (χ2n) is 4.80. The summed E-state index contributed by atoms with van der Waals surface area (Å²) in [6.07, 6.45) is 0.931. The summed E-state index contributed by atoms with van der Waals surface area (Å²) >= 11 is 5.57. The van der Waals surface area contributed by atoms with E-state index in [1.807, 2.05) is 36.9 Å². The standard InChI is InChI=1S/C17H19ClN2O/c1-4-15-11-16(20(3)19-15)12-21-17-8-7-14(6-5-9-18)13(2)10-17/h7-8,10-11H,4,9,12H2,1-3H3. The molecule has 21 heavy (non-hydrogen) atoms. The van der Waals surface area contributed by atoms with E-state index in [1.165, 1.54) is 0 Å². The van der Waals surface area contributed by atoms with E-state index in [9.17, 15) is 0 Å². The molecule has 0 radical (unpaired) electrons. The molecule has 0 spiro atoms. The maximum atomic E-state index is 5.84. The van der Waals surface area contributed by atoms with E-state index in [2.05, 4.69) is 29.9 Å². The average Bonchev–Trinajstić information content (AvgIpc) is 2.84. The van der Waals surface area contributed by atoms with Crippen molar-refractivity contribution < 1.29 is 4.74 Å². The molecule has 0 atom stereocenters. The van der Waals surface area contributed by atoms with Crippen LogP contribution in [-0.4, -0.2) is 15.7 Å². The van der Waals surface area contributed by atoms with Gasteiger partial charge in [-0.3, -0.25) is 4.68 Å². The second-order valence-corrected chi connectivity index (χ2v) is 5.07. The molecule has 0 aliphatic heterocycles. The molecule has 2 aromatic rings. The lowest BCUT2D eigenvalue weighted by Crippen LogP contribution is -2.03. The first-order valence-corrected chi connectivity index (χ1v) is 7.47. The van der Waals surface area contributed by atoms with Crippen LogP contribution < -0.4 is 4.74 Å². The van der Waals surface area contributed by atoms with Crippen LogP contribution in [0.3, 0.4) is 0 Å². The van der Waals surface area contributed by atoms with Gasteiger partial charge in [-0.1, -0.05) is 18.8 Å². The molecule has 0 fully saturated rings. The Bertz CT molecular complexity index is 680. The number of ether oxygens (including phenoxy) is 1. The third-order valence-electron chi connectivity index (χ3n) is 3.26. The third-order valence-corrected chi connectivity index (χ3v) is 3.40. The van der Waals surface area contributed by atoms with Gasteiger partial charge in [0.15, 0.2) is 0 Å². The van der Waals surface area contributed by atoms with Crippen LogP contribution in [0.1, 0.15) is 29.4 Å². The van der Waals surface area contributed by atoms with Crippen molar-refractivity contribution in [3.63, 3.8) is 0 Å². The number of nitrogens with zero attached hydrogens (tertiary/aromatic N) is 2. The Balaban J connectivity index is 2.06. The summed E-state index contributed by atoms with van der Waals surface area (Å²) in [5, 5.41) is 4.41. The molecule has 1 aromatic heterocycles. The fourth-order valence-electron chi connectivity index (χ4n) is 2.03. The van der Waals surface area contributed by atoms with Crippen LogP contribution in [0.4, 0.5) is 0 Å². The van der Waals surface area contributed by atoms with Gasteiger partial charge in [0, 0.05) is 12.6 Å². The molecule has 0 saturated carbocycles. The highest BCUT2D eigenvalue weighted by molar-refractivity contribution is 6.19. The van der Waals surface area contributed by atoms with Gasteiger partial charge in [-0.05, 0) is 43.2 Å². The SMILES string of the molecule is CCc1cc(COc2ccc(C#CCCl)c(C)c2)n(C)n1. The van der Waals surface area contributed by atoms with Crippen LogP contribution in [0.25, 0.3) is 0 Å². The number of hydrogen-bond donors (Lipinski definition) is 0. The van der Waals surface area contributed by atoms with Crippen molar-refractivity contribution in [3.8, 4) is 17.6 Å². The van der Waals surface area contributed by atoms with Crippen LogP contribution in [-0.2, 0) is 20.1 Å². The van der Waals surface area contributed by atoms with Crippen molar-refractivity contribution in [2.24, 2.45) is 7.05 Å². The molecule has 3 nitrogen and oxygen atoms in total. The Morgan fingerprint density at radius 2 is 2.14 bits per heavy atom. The lowest BCUT2D eigenvalue weighted by atomic mass is 10.1. The molecule has 0 bridgehead atoms. The fourth-order valence-corrected chi connectivity index (χ4v) is 2.10. The Labute approximate surface area is 130 Å². The van der Waals surface area contributed by atoms with Gasteiger partial charge in [0.05, 0.1) is 17.3 Å². The third kappa shape index (κ3) is 4.03. The van der Waals surface area contributed by atoms with E-state index in [0.29, 0.717) is 12.5 Å². The zero-order valence-corrected chi connectivity index (χ0v) is 13.4. The van der Waals surface area contributed by atoms with Crippen molar-refractivity contribution in [3.05, 3.63) is 46.8 Å². The number of benzene rings is 1. The van der Waals surface area contributed by atoms with Gasteiger partial charge in [-0.25, -0.2) is 0 Å². The van der Waals surface area contributed by atoms with Crippen molar-refractivity contribution in [2.45, 2.75) is 26.9 Å². The van der Waals surface area contributed by atoms with Crippen LogP contribution in [0, 0.1) is 18.8 Å². The van der Waals surface area contributed by atoms with Gasteiger partial charge in [0.1, 0.15) is 12.4 Å². The molecule has 1 aromatic carbocycles.